The maximum absolute atomic E-state index is 14.0. The molecule has 6 heteroatoms. The first kappa shape index (κ1) is 15.2. The molecule has 0 saturated heterocycles. The maximum Gasteiger partial charge on any atom is 0.336 e. The van der Waals surface area contributed by atoms with Gasteiger partial charge in [-0.2, -0.15) is 0 Å². The minimum atomic E-state index is -1.15. The maximum atomic E-state index is 14.0. The first-order valence-electron chi connectivity index (χ1n) is 6.67. The summed E-state index contributed by atoms with van der Waals surface area (Å²) in [5.41, 5.74) is 0.888. The van der Waals surface area contributed by atoms with E-state index in [2.05, 4.69) is 4.98 Å². The minimum Gasteiger partial charge on any atom is -0.495 e. The molecule has 0 fully saturated rings. The minimum absolute atomic E-state index is 0.00865. The van der Waals surface area contributed by atoms with E-state index < -0.39 is 11.8 Å². The van der Waals surface area contributed by atoms with Crippen LogP contribution in [0.2, 0.25) is 5.02 Å². The largest absolute Gasteiger partial charge is 0.495 e. The molecule has 3 aromatic rings. The molecule has 1 heterocycles. The van der Waals surface area contributed by atoms with Crippen molar-refractivity contribution in [2.75, 3.05) is 7.11 Å². The lowest BCUT2D eigenvalue weighted by atomic mass is 10.0. The summed E-state index contributed by atoms with van der Waals surface area (Å²) in [6.07, 6.45) is 0. The fraction of sp³-hybridized carbons (Fsp3) is 0.0588. The van der Waals surface area contributed by atoms with E-state index >= 15 is 0 Å². The molecule has 3 rings (SSSR count). The van der Waals surface area contributed by atoms with Gasteiger partial charge >= 0.3 is 5.97 Å². The lowest BCUT2D eigenvalue weighted by molar-refractivity contribution is 0.0699. The first-order valence-corrected chi connectivity index (χ1v) is 7.05. The second kappa shape index (κ2) is 5.85. The Bertz CT molecular complexity index is 927. The van der Waals surface area contributed by atoms with Crippen LogP contribution in [-0.4, -0.2) is 23.2 Å². The molecule has 1 N–H and O–H groups in total. The summed E-state index contributed by atoms with van der Waals surface area (Å²) in [6.45, 7) is 0. The number of fused-ring (bicyclic) bond motifs is 1. The number of rotatable bonds is 3. The van der Waals surface area contributed by atoms with Crippen molar-refractivity contribution in [2.45, 2.75) is 0 Å². The number of halogens is 2. The quantitative estimate of drug-likeness (QED) is 0.772. The molecule has 0 aliphatic heterocycles. The van der Waals surface area contributed by atoms with Crippen molar-refractivity contribution >= 4 is 28.5 Å². The number of para-hydroxylation sites is 1. The number of carbonyl (C=O) groups is 1. The summed E-state index contributed by atoms with van der Waals surface area (Å²) in [5.74, 6) is -1.24. The van der Waals surface area contributed by atoms with Gasteiger partial charge < -0.3 is 9.84 Å². The molecule has 0 unspecified atom stereocenters. The predicted molar refractivity (Wildman–Crippen MR) is 85.7 cm³/mol. The standard InChI is InChI=1S/C17H11ClFNO3/c1-23-15-6-5-9(7-12(15)18)14-8-11(17(21)22)10-3-2-4-13(19)16(10)20-14/h2-8H,1H3,(H,21,22). The van der Waals surface area contributed by atoms with E-state index in [4.69, 9.17) is 16.3 Å². The summed E-state index contributed by atoms with van der Waals surface area (Å²) in [6, 6.07) is 10.6. The zero-order valence-corrected chi connectivity index (χ0v) is 12.8. The number of aromatic nitrogens is 1. The SMILES string of the molecule is COc1ccc(-c2cc(C(=O)O)c3cccc(F)c3n2)cc1Cl. The Labute approximate surface area is 136 Å². The third-order valence-electron chi connectivity index (χ3n) is 3.47. The molecule has 23 heavy (non-hydrogen) atoms. The molecule has 0 radical (unpaired) electrons. The highest BCUT2D eigenvalue weighted by Gasteiger charge is 2.15. The second-order valence-electron chi connectivity index (χ2n) is 4.85. The fourth-order valence-electron chi connectivity index (χ4n) is 2.36. The van der Waals surface area contributed by atoms with Crippen LogP contribution in [0.5, 0.6) is 5.75 Å². The number of hydrogen-bond acceptors (Lipinski definition) is 3. The third kappa shape index (κ3) is 2.71. The van der Waals surface area contributed by atoms with Crippen molar-refractivity contribution in [2.24, 2.45) is 0 Å². The molecular weight excluding hydrogens is 321 g/mol. The Morgan fingerprint density at radius 2 is 2.04 bits per heavy atom. The number of ether oxygens (including phenoxy) is 1. The zero-order valence-electron chi connectivity index (χ0n) is 12.0. The Morgan fingerprint density at radius 3 is 2.70 bits per heavy atom. The second-order valence-corrected chi connectivity index (χ2v) is 5.25. The normalized spacial score (nSPS) is 10.7. The van der Waals surface area contributed by atoms with Crippen LogP contribution in [0, 0.1) is 5.82 Å². The van der Waals surface area contributed by atoms with Gasteiger partial charge in [-0.15, -0.1) is 0 Å². The van der Waals surface area contributed by atoms with E-state index in [1.165, 1.54) is 31.4 Å². The third-order valence-corrected chi connectivity index (χ3v) is 3.76. The lowest BCUT2D eigenvalue weighted by Crippen LogP contribution is -2.01. The predicted octanol–water partition coefficient (Wildman–Crippen LogP) is 4.40. The van der Waals surface area contributed by atoms with Crippen LogP contribution in [0.1, 0.15) is 10.4 Å². The molecular formula is C17H11ClFNO3. The molecule has 116 valence electrons. The molecule has 0 aliphatic rings. The Balaban J connectivity index is 2.28. The summed E-state index contributed by atoms with van der Waals surface area (Å²) in [4.78, 5) is 15.7. The fourth-order valence-corrected chi connectivity index (χ4v) is 2.62. The number of nitrogens with zero attached hydrogens (tertiary/aromatic N) is 1. The number of aromatic carboxylic acids is 1. The number of carboxylic acid groups (broad SMARTS) is 1. The van der Waals surface area contributed by atoms with Crippen LogP contribution in [0.15, 0.2) is 42.5 Å². The van der Waals surface area contributed by atoms with E-state index in [1.807, 2.05) is 0 Å². The van der Waals surface area contributed by atoms with E-state index in [0.717, 1.165) is 0 Å². The van der Waals surface area contributed by atoms with Crippen LogP contribution in [0.3, 0.4) is 0 Å². The van der Waals surface area contributed by atoms with E-state index in [1.54, 1.807) is 18.2 Å². The monoisotopic (exact) mass is 331 g/mol. The van der Waals surface area contributed by atoms with Gasteiger partial charge in [0, 0.05) is 10.9 Å². The average Bonchev–Trinajstić information content (AvgIpc) is 2.54. The van der Waals surface area contributed by atoms with Gasteiger partial charge in [-0.25, -0.2) is 14.2 Å². The van der Waals surface area contributed by atoms with Gasteiger partial charge in [-0.3, -0.25) is 0 Å². The number of benzene rings is 2. The van der Waals surface area contributed by atoms with Gasteiger partial charge in [0.05, 0.1) is 23.4 Å². The van der Waals surface area contributed by atoms with Gasteiger partial charge in [-0.05, 0) is 30.3 Å². The van der Waals surface area contributed by atoms with Gasteiger partial charge in [-0.1, -0.05) is 23.7 Å². The van der Waals surface area contributed by atoms with E-state index in [9.17, 15) is 14.3 Å². The highest BCUT2D eigenvalue weighted by Crippen LogP contribution is 2.31. The highest BCUT2D eigenvalue weighted by atomic mass is 35.5. The highest BCUT2D eigenvalue weighted by molar-refractivity contribution is 6.32. The van der Waals surface area contributed by atoms with Crippen LogP contribution in [0.4, 0.5) is 4.39 Å². The Morgan fingerprint density at radius 1 is 1.26 bits per heavy atom. The first-order chi connectivity index (χ1) is 11.0. The molecule has 0 spiro atoms. The summed E-state index contributed by atoms with van der Waals surface area (Å²) in [7, 11) is 1.49. The van der Waals surface area contributed by atoms with Gasteiger partial charge in [0.2, 0.25) is 0 Å². The van der Waals surface area contributed by atoms with E-state index in [0.29, 0.717) is 22.0 Å². The molecule has 0 aliphatic carbocycles. The zero-order chi connectivity index (χ0) is 16.6. The topological polar surface area (TPSA) is 59.4 Å². The summed E-state index contributed by atoms with van der Waals surface area (Å²) >= 11 is 6.09. The molecule has 0 bridgehead atoms. The van der Waals surface area contributed by atoms with Crippen molar-refractivity contribution in [3.05, 3.63) is 58.9 Å². The number of carboxylic acids is 1. The van der Waals surface area contributed by atoms with Gasteiger partial charge in [0.15, 0.2) is 0 Å². The van der Waals surface area contributed by atoms with Gasteiger partial charge in [0.25, 0.3) is 0 Å². The van der Waals surface area contributed by atoms with Crippen molar-refractivity contribution in [3.8, 4) is 17.0 Å². The lowest BCUT2D eigenvalue weighted by Gasteiger charge is -2.09. The molecule has 2 aromatic carbocycles. The Kier molecular flexibility index (Phi) is 3.88. The molecule has 1 aromatic heterocycles. The van der Waals surface area contributed by atoms with E-state index in [-0.39, 0.29) is 16.5 Å². The average molecular weight is 332 g/mol. The number of methoxy groups -OCH3 is 1. The van der Waals surface area contributed by atoms with Crippen molar-refractivity contribution < 1.29 is 19.0 Å². The van der Waals surface area contributed by atoms with Crippen LogP contribution in [-0.2, 0) is 0 Å². The molecule has 0 amide bonds. The van der Waals surface area contributed by atoms with Crippen molar-refractivity contribution in [3.63, 3.8) is 0 Å². The summed E-state index contributed by atoms with van der Waals surface area (Å²) in [5, 5.41) is 9.99. The number of pyridine rings is 1. The van der Waals surface area contributed by atoms with Crippen LogP contribution >= 0.6 is 11.6 Å². The number of hydrogen-bond donors (Lipinski definition) is 1. The van der Waals surface area contributed by atoms with Crippen molar-refractivity contribution in [1.29, 1.82) is 0 Å². The van der Waals surface area contributed by atoms with Crippen molar-refractivity contribution in [1.82, 2.24) is 4.98 Å². The van der Waals surface area contributed by atoms with Crippen LogP contribution < -0.4 is 4.74 Å². The molecule has 4 nitrogen and oxygen atoms in total. The van der Waals surface area contributed by atoms with Gasteiger partial charge in [0.1, 0.15) is 17.1 Å². The Hall–Kier alpha value is -2.66. The smallest absolute Gasteiger partial charge is 0.336 e. The summed E-state index contributed by atoms with van der Waals surface area (Å²) < 4.78 is 19.1. The molecule has 0 atom stereocenters. The van der Waals surface area contributed by atoms with Crippen LogP contribution in [0.25, 0.3) is 22.2 Å². The molecule has 0 saturated carbocycles.